The largest absolute Gasteiger partial charge is 0.489 e. The highest BCUT2D eigenvalue weighted by Crippen LogP contribution is 2.58. The Kier molecular flexibility index (Phi) is 5.23. The standard InChI is InChI=1S/C28H24N4O4/c29-16-18-8-1-2-9-19(18)17-36-24-14-6-3-10-20(24)25-23-13-7-15-31(23)28(26(25)32(34)35)21-11-4-5-12-22(21)30-27(28)33/h1-6,8-12,14,23,25-26H,7,13,15,17H2,(H,30,33)/t23-,25+,26+,28+/m0/s1. The van der Waals surface area contributed by atoms with E-state index in [0.717, 1.165) is 24.0 Å². The van der Waals surface area contributed by atoms with E-state index in [1.54, 1.807) is 18.2 Å². The molecule has 1 N–H and O–H groups in total. The summed E-state index contributed by atoms with van der Waals surface area (Å²) in [4.78, 5) is 28.3. The van der Waals surface area contributed by atoms with Crippen LogP contribution >= 0.6 is 0 Å². The SMILES string of the molecule is N#Cc1ccccc1COc1ccccc1[C@@H]1[C@@H]2CCCN2[C@@]2(C(=O)Nc3ccccc32)[C@@H]1[N+](=O)[O-]. The molecule has 0 bridgehead atoms. The average Bonchev–Trinajstić information content (AvgIpc) is 3.56. The number of hydrogen-bond acceptors (Lipinski definition) is 6. The normalized spacial score (nSPS) is 26.3. The third kappa shape index (κ3) is 3.06. The Morgan fingerprint density at radius 1 is 1.11 bits per heavy atom. The van der Waals surface area contributed by atoms with Gasteiger partial charge in [0.25, 0.3) is 11.9 Å². The fourth-order valence-electron chi connectivity index (χ4n) is 6.55. The minimum absolute atomic E-state index is 0.166. The molecule has 3 aromatic rings. The maximum Gasteiger partial charge on any atom is 0.256 e. The van der Waals surface area contributed by atoms with Gasteiger partial charge in [-0.3, -0.25) is 19.8 Å². The van der Waals surface area contributed by atoms with Gasteiger partial charge in [0.15, 0.2) is 5.54 Å². The molecule has 3 heterocycles. The molecule has 36 heavy (non-hydrogen) atoms. The number of carbonyl (C=O) groups is 1. The van der Waals surface area contributed by atoms with Gasteiger partial charge in [-0.25, -0.2) is 0 Å². The highest BCUT2D eigenvalue weighted by molar-refractivity contribution is 6.07. The number of nitrogens with zero attached hydrogens (tertiary/aromatic N) is 3. The lowest BCUT2D eigenvalue weighted by Crippen LogP contribution is -2.55. The van der Waals surface area contributed by atoms with Crippen molar-refractivity contribution in [3.8, 4) is 11.8 Å². The first-order valence-corrected chi connectivity index (χ1v) is 12.1. The summed E-state index contributed by atoms with van der Waals surface area (Å²) in [6, 6.07) is 22.7. The van der Waals surface area contributed by atoms with Crippen LogP contribution in [0.3, 0.4) is 0 Å². The lowest BCUT2D eigenvalue weighted by atomic mass is 9.77. The molecule has 3 aliphatic rings. The first-order chi connectivity index (χ1) is 17.6. The number of anilines is 1. The number of rotatable bonds is 5. The van der Waals surface area contributed by atoms with E-state index in [9.17, 15) is 20.2 Å². The van der Waals surface area contributed by atoms with E-state index in [-0.39, 0.29) is 23.5 Å². The number of hydrogen-bond donors (Lipinski definition) is 1. The van der Waals surface area contributed by atoms with Crippen molar-refractivity contribution in [1.29, 1.82) is 5.26 Å². The fraction of sp³-hybridized carbons (Fsp3) is 0.286. The van der Waals surface area contributed by atoms with Crippen molar-refractivity contribution in [2.45, 2.75) is 43.0 Å². The lowest BCUT2D eigenvalue weighted by molar-refractivity contribution is -0.534. The molecule has 0 unspecified atom stereocenters. The van der Waals surface area contributed by atoms with Gasteiger partial charge in [-0.2, -0.15) is 5.26 Å². The number of ether oxygens (including phenoxy) is 1. The first-order valence-electron chi connectivity index (χ1n) is 12.1. The van der Waals surface area contributed by atoms with Crippen molar-refractivity contribution in [2.24, 2.45) is 0 Å². The van der Waals surface area contributed by atoms with Crippen LogP contribution in [0.15, 0.2) is 72.8 Å². The molecule has 3 aliphatic heterocycles. The van der Waals surface area contributed by atoms with E-state index < -0.39 is 17.5 Å². The second kappa shape index (κ2) is 8.47. The van der Waals surface area contributed by atoms with Gasteiger partial charge in [0.2, 0.25) is 0 Å². The molecule has 8 nitrogen and oxygen atoms in total. The Morgan fingerprint density at radius 2 is 1.86 bits per heavy atom. The van der Waals surface area contributed by atoms with E-state index in [1.807, 2.05) is 54.6 Å². The third-order valence-corrected chi connectivity index (χ3v) is 7.89. The summed E-state index contributed by atoms with van der Waals surface area (Å²) in [7, 11) is 0. The number of nitrogens with one attached hydrogen (secondary N) is 1. The Hall–Kier alpha value is -4.22. The minimum atomic E-state index is -1.37. The lowest BCUT2D eigenvalue weighted by Gasteiger charge is -2.32. The number of amides is 1. The predicted octanol–water partition coefficient (Wildman–Crippen LogP) is 4.19. The Labute approximate surface area is 208 Å². The van der Waals surface area contributed by atoms with Crippen LogP contribution in [0.2, 0.25) is 0 Å². The van der Waals surface area contributed by atoms with Gasteiger partial charge in [-0.1, -0.05) is 54.6 Å². The van der Waals surface area contributed by atoms with Gasteiger partial charge in [0.1, 0.15) is 12.4 Å². The molecule has 0 radical (unpaired) electrons. The molecule has 6 rings (SSSR count). The van der Waals surface area contributed by atoms with Gasteiger partial charge < -0.3 is 10.1 Å². The van der Waals surface area contributed by atoms with Crippen LogP contribution in [0, 0.1) is 21.4 Å². The maximum atomic E-state index is 13.6. The van der Waals surface area contributed by atoms with Crippen molar-refractivity contribution in [3.05, 3.63) is 105 Å². The Morgan fingerprint density at radius 3 is 2.69 bits per heavy atom. The molecule has 1 spiro atoms. The van der Waals surface area contributed by atoms with Gasteiger partial charge in [0, 0.05) is 39.9 Å². The molecule has 180 valence electrons. The molecule has 1 amide bonds. The van der Waals surface area contributed by atoms with Gasteiger partial charge >= 0.3 is 0 Å². The molecule has 4 atom stereocenters. The molecule has 0 aliphatic carbocycles. The quantitative estimate of drug-likeness (QED) is 0.433. The van der Waals surface area contributed by atoms with Crippen molar-refractivity contribution in [3.63, 3.8) is 0 Å². The first kappa shape index (κ1) is 22.3. The smallest absolute Gasteiger partial charge is 0.256 e. The number of carbonyl (C=O) groups excluding carboxylic acids is 1. The Bertz CT molecular complexity index is 1420. The van der Waals surface area contributed by atoms with Crippen LogP contribution < -0.4 is 10.1 Å². The number of fused-ring (bicyclic) bond motifs is 4. The van der Waals surface area contributed by atoms with E-state index in [4.69, 9.17) is 4.74 Å². The van der Waals surface area contributed by atoms with Gasteiger partial charge in [-0.05, 0) is 31.0 Å². The molecule has 2 saturated heterocycles. The molecule has 0 saturated carbocycles. The summed E-state index contributed by atoms with van der Waals surface area (Å²) in [6.07, 6.45) is 1.62. The summed E-state index contributed by atoms with van der Waals surface area (Å²) >= 11 is 0. The van der Waals surface area contributed by atoms with Crippen LogP contribution in [0.4, 0.5) is 5.69 Å². The van der Waals surface area contributed by atoms with E-state index in [0.29, 0.717) is 29.1 Å². The number of nitro groups is 1. The van der Waals surface area contributed by atoms with E-state index >= 15 is 0 Å². The highest BCUT2D eigenvalue weighted by Gasteiger charge is 2.73. The van der Waals surface area contributed by atoms with Crippen molar-refractivity contribution in [2.75, 3.05) is 11.9 Å². The van der Waals surface area contributed by atoms with Gasteiger partial charge in [-0.15, -0.1) is 0 Å². The molecular weight excluding hydrogens is 456 g/mol. The summed E-state index contributed by atoms with van der Waals surface area (Å²) in [5.74, 6) is -0.333. The van der Waals surface area contributed by atoms with Gasteiger partial charge in [0.05, 0.1) is 17.6 Å². The summed E-state index contributed by atoms with van der Waals surface area (Å²) in [5, 5.41) is 25.2. The second-order valence-electron chi connectivity index (χ2n) is 9.52. The zero-order valence-electron chi connectivity index (χ0n) is 19.5. The maximum absolute atomic E-state index is 13.6. The number of benzene rings is 3. The molecular formula is C28H24N4O4. The van der Waals surface area contributed by atoms with Crippen LogP contribution in [-0.4, -0.2) is 34.4 Å². The third-order valence-electron chi connectivity index (χ3n) is 7.89. The van der Waals surface area contributed by atoms with Crippen LogP contribution in [0.25, 0.3) is 0 Å². The molecule has 3 aromatic carbocycles. The fourth-order valence-corrected chi connectivity index (χ4v) is 6.55. The molecule has 2 fully saturated rings. The van der Waals surface area contributed by atoms with E-state index in [1.165, 1.54) is 0 Å². The van der Waals surface area contributed by atoms with Crippen molar-refractivity contribution >= 4 is 11.6 Å². The zero-order valence-corrected chi connectivity index (χ0v) is 19.5. The molecule has 8 heteroatoms. The summed E-state index contributed by atoms with van der Waals surface area (Å²) in [5.41, 5.74) is 1.94. The predicted molar refractivity (Wildman–Crippen MR) is 132 cm³/mol. The highest BCUT2D eigenvalue weighted by atomic mass is 16.6. The molecule has 0 aromatic heterocycles. The van der Waals surface area contributed by atoms with Crippen LogP contribution in [-0.2, 0) is 16.9 Å². The van der Waals surface area contributed by atoms with Crippen LogP contribution in [0.5, 0.6) is 5.75 Å². The zero-order chi connectivity index (χ0) is 24.9. The van der Waals surface area contributed by atoms with E-state index in [2.05, 4.69) is 16.3 Å². The monoisotopic (exact) mass is 480 g/mol. The van der Waals surface area contributed by atoms with Crippen LogP contribution in [0.1, 0.15) is 41.0 Å². The summed E-state index contributed by atoms with van der Waals surface area (Å²) < 4.78 is 6.21. The van der Waals surface area contributed by atoms with Crippen molar-refractivity contribution in [1.82, 2.24) is 4.90 Å². The average molecular weight is 481 g/mol. The van der Waals surface area contributed by atoms with Crippen molar-refractivity contribution < 1.29 is 14.5 Å². The minimum Gasteiger partial charge on any atom is -0.489 e. The topological polar surface area (TPSA) is 108 Å². The second-order valence-corrected chi connectivity index (χ2v) is 9.52. The number of para-hydroxylation sites is 2. The summed E-state index contributed by atoms with van der Waals surface area (Å²) in [6.45, 7) is 0.783. The Balaban J connectivity index is 1.46. The number of nitriles is 1.